The van der Waals surface area contributed by atoms with E-state index in [-0.39, 0.29) is 24.2 Å². The van der Waals surface area contributed by atoms with E-state index in [4.69, 9.17) is 14.2 Å². The summed E-state index contributed by atoms with van der Waals surface area (Å²) in [4.78, 5) is 3.60. The lowest BCUT2D eigenvalue weighted by Crippen LogP contribution is -2.30. The highest BCUT2D eigenvalue weighted by Crippen LogP contribution is 2.36. The van der Waals surface area contributed by atoms with Crippen LogP contribution in [0.2, 0.25) is 0 Å². The molecule has 6 heteroatoms. The molecule has 4 aromatic rings. The Kier molecular flexibility index (Phi) is 5.45. The van der Waals surface area contributed by atoms with Gasteiger partial charge in [-0.15, -0.1) is 0 Å². The van der Waals surface area contributed by atoms with Gasteiger partial charge in [0.1, 0.15) is 18.1 Å². The Morgan fingerprint density at radius 1 is 0.969 bits per heavy atom. The first-order valence-electron chi connectivity index (χ1n) is 10.6. The molecule has 5 rings (SSSR count). The summed E-state index contributed by atoms with van der Waals surface area (Å²) in [6.07, 6.45) is 0.943. The molecular formula is C26H25FN2O3. The molecule has 0 fully saturated rings. The lowest BCUT2D eigenvalue weighted by atomic mass is 9.93. The van der Waals surface area contributed by atoms with Crippen molar-refractivity contribution in [1.82, 2.24) is 10.3 Å². The van der Waals surface area contributed by atoms with E-state index in [0.29, 0.717) is 5.75 Å². The van der Waals surface area contributed by atoms with Crippen molar-refractivity contribution < 1.29 is 18.6 Å². The van der Waals surface area contributed by atoms with Gasteiger partial charge in [0.05, 0.1) is 20.3 Å². The number of benzene rings is 3. The zero-order valence-electron chi connectivity index (χ0n) is 18.1. The Morgan fingerprint density at radius 3 is 2.66 bits per heavy atom. The lowest BCUT2D eigenvalue weighted by Gasteiger charge is -2.25. The summed E-state index contributed by atoms with van der Waals surface area (Å²) >= 11 is 0. The van der Waals surface area contributed by atoms with E-state index in [1.54, 1.807) is 32.4 Å². The predicted molar refractivity (Wildman–Crippen MR) is 122 cm³/mol. The Morgan fingerprint density at radius 2 is 1.84 bits per heavy atom. The fourth-order valence-corrected chi connectivity index (χ4v) is 4.43. The first-order valence-corrected chi connectivity index (χ1v) is 10.6. The Bertz CT molecular complexity index is 1270. The van der Waals surface area contributed by atoms with E-state index >= 15 is 0 Å². The molecule has 0 amide bonds. The first-order chi connectivity index (χ1) is 15.7. The quantitative estimate of drug-likeness (QED) is 0.443. The monoisotopic (exact) mass is 432 g/mol. The predicted octanol–water partition coefficient (Wildman–Crippen LogP) is 5.14. The van der Waals surface area contributed by atoms with Crippen molar-refractivity contribution in [2.45, 2.75) is 19.1 Å². The van der Waals surface area contributed by atoms with Gasteiger partial charge in [0, 0.05) is 28.7 Å². The fourth-order valence-electron chi connectivity index (χ4n) is 4.43. The van der Waals surface area contributed by atoms with Crippen molar-refractivity contribution in [2.24, 2.45) is 0 Å². The molecule has 5 nitrogen and oxygen atoms in total. The van der Waals surface area contributed by atoms with Crippen LogP contribution in [0, 0.1) is 5.82 Å². The third-order valence-electron chi connectivity index (χ3n) is 6.02. The summed E-state index contributed by atoms with van der Waals surface area (Å²) in [5.74, 6) is 1.41. The number of hydrogen-bond acceptors (Lipinski definition) is 4. The maximum absolute atomic E-state index is 14.0. The number of fused-ring (bicyclic) bond motifs is 3. The number of H-pyrrole nitrogens is 1. The number of aromatic nitrogens is 1. The normalized spacial score (nSPS) is 15.4. The lowest BCUT2D eigenvalue weighted by molar-refractivity contribution is 0.282. The number of hydrogen-bond donors (Lipinski definition) is 2. The number of halogens is 1. The van der Waals surface area contributed by atoms with Crippen LogP contribution in [0.25, 0.3) is 10.9 Å². The minimum absolute atomic E-state index is 0.00950. The molecule has 0 radical (unpaired) electrons. The number of rotatable bonds is 6. The Balaban J connectivity index is 1.49. The molecule has 2 heterocycles. The highest BCUT2D eigenvalue weighted by Gasteiger charge is 2.26. The van der Waals surface area contributed by atoms with E-state index in [9.17, 15) is 4.39 Å². The van der Waals surface area contributed by atoms with Crippen molar-refractivity contribution in [3.8, 4) is 17.2 Å². The van der Waals surface area contributed by atoms with E-state index in [2.05, 4.69) is 34.6 Å². The molecule has 1 aromatic heterocycles. The molecule has 164 valence electrons. The van der Waals surface area contributed by atoms with Crippen molar-refractivity contribution in [1.29, 1.82) is 0 Å². The van der Waals surface area contributed by atoms with Gasteiger partial charge in [-0.25, -0.2) is 4.39 Å². The van der Waals surface area contributed by atoms with Gasteiger partial charge in [0.2, 0.25) is 0 Å². The largest absolute Gasteiger partial charge is 0.497 e. The molecule has 1 aliphatic heterocycles. The highest BCUT2D eigenvalue weighted by atomic mass is 19.1. The van der Waals surface area contributed by atoms with E-state index < -0.39 is 0 Å². The molecule has 0 aliphatic carbocycles. The topological polar surface area (TPSA) is 55.5 Å². The maximum atomic E-state index is 14.0. The van der Waals surface area contributed by atoms with Crippen molar-refractivity contribution in [3.05, 3.63) is 88.9 Å². The summed E-state index contributed by atoms with van der Waals surface area (Å²) in [7, 11) is 3.32. The van der Waals surface area contributed by atoms with Crippen LogP contribution in [-0.4, -0.2) is 25.7 Å². The molecular weight excluding hydrogens is 407 g/mol. The molecule has 0 saturated carbocycles. The molecule has 1 atom stereocenters. The van der Waals surface area contributed by atoms with E-state index in [1.807, 2.05) is 12.1 Å². The summed E-state index contributed by atoms with van der Waals surface area (Å²) in [6.45, 7) is 1.08. The van der Waals surface area contributed by atoms with Crippen LogP contribution < -0.4 is 19.5 Å². The number of aromatic amines is 1. The van der Waals surface area contributed by atoms with Crippen LogP contribution >= 0.6 is 0 Å². The van der Waals surface area contributed by atoms with Crippen molar-refractivity contribution in [2.75, 3.05) is 20.8 Å². The van der Waals surface area contributed by atoms with Gasteiger partial charge in [-0.3, -0.25) is 0 Å². The Labute approximate surface area is 186 Å². The van der Waals surface area contributed by atoms with Crippen LogP contribution in [0.3, 0.4) is 0 Å². The second kappa shape index (κ2) is 8.55. The summed E-state index contributed by atoms with van der Waals surface area (Å²) in [5.41, 5.74) is 5.52. The van der Waals surface area contributed by atoms with Gasteiger partial charge in [-0.2, -0.15) is 0 Å². The zero-order chi connectivity index (χ0) is 22.1. The van der Waals surface area contributed by atoms with Gasteiger partial charge in [0.25, 0.3) is 0 Å². The number of para-hydroxylation sites is 1. The smallest absolute Gasteiger partial charge is 0.165 e. The average Bonchev–Trinajstić information content (AvgIpc) is 3.21. The average molecular weight is 432 g/mol. The van der Waals surface area contributed by atoms with E-state index in [1.165, 1.54) is 17.0 Å². The number of ether oxygens (including phenoxy) is 3. The van der Waals surface area contributed by atoms with Crippen molar-refractivity contribution >= 4 is 10.9 Å². The Hall–Kier alpha value is -3.51. The second-order valence-electron chi connectivity index (χ2n) is 7.86. The minimum atomic E-state index is -0.380. The minimum Gasteiger partial charge on any atom is -0.497 e. The van der Waals surface area contributed by atoms with Crippen molar-refractivity contribution in [3.63, 3.8) is 0 Å². The van der Waals surface area contributed by atoms with Crippen LogP contribution in [0.1, 0.15) is 28.4 Å². The van der Waals surface area contributed by atoms with Gasteiger partial charge in [-0.1, -0.05) is 18.2 Å². The van der Waals surface area contributed by atoms with Crippen LogP contribution in [-0.2, 0) is 13.0 Å². The molecule has 1 aliphatic rings. The van der Waals surface area contributed by atoms with Crippen LogP contribution in [0.4, 0.5) is 4.39 Å². The molecule has 2 N–H and O–H groups in total. The summed E-state index contributed by atoms with van der Waals surface area (Å²) in [6, 6.07) is 18.6. The maximum Gasteiger partial charge on any atom is 0.165 e. The van der Waals surface area contributed by atoms with Gasteiger partial charge >= 0.3 is 0 Å². The molecule has 0 bridgehead atoms. The highest BCUT2D eigenvalue weighted by molar-refractivity contribution is 5.86. The summed E-state index contributed by atoms with van der Waals surface area (Å²) in [5, 5.41) is 4.82. The third-order valence-corrected chi connectivity index (χ3v) is 6.02. The standard InChI is InChI=1S/C26H25FN2O3/c1-30-18-8-9-22-20(14-18)19-11-12-28-25(26(19)29-22)16-7-10-23(31-2)17(13-16)15-32-24-6-4-3-5-21(24)27/h3-10,13-14,25,28-29H,11-12,15H2,1-2H3. The van der Waals surface area contributed by atoms with Crippen LogP contribution in [0.15, 0.2) is 60.7 Å². The van der Waals surface area contributed by atoms with Gasteiger partial charge in [-0.05, 0) is 60.0 Å². The number of methoxy groups -OCH3 is 2. The first kappa shape index (κ1) is 20.4. The van der Waals surface area contributed by atoms with Gasteiger partial charge < -0.3 is 24.5 Å². The molecule has 0 spiro atoms. The molecule has 3 aromatic carbocycles. The number of nitrogens with one attached hydrogen (secondary N) is 2. The van der Waals surface area contributed by atoms with E-state index in [0.717, 1.165) is 41.1 Å². The molecule has 32 heavy (non-hydrogen) atoms. The molecule has 0 saturated heterocycles. The zero-order valence-corrected chi connectivity index (χ0v) is 18.1. The third kappa shape index (κ3) is 3.67. The molecule has 1 unspecified atom stereocenters. The van der Waals surface area contributed by atoms with Gasteiger partial charge in [0.15, 0.2) is 11.6 Å². The van der Waals surface area contributed by atoms with Crippen LogP contribution in [0.5, 0.6) is 17.2 Å². The fraction of sp³-hybridized carbons (Fsp3) is 0.231. The summed E-state index contributed by atoms with van der Waals surface area (Å²) < 4.78 is 30.7. The SMILES string of the molecule is COc1ccc2[nH]c3c(c2c1)CCNC3c1ccc(OC)c(COc2ccccc2F)c1. The second-order valence-corrected chi connectivity index (χ2v) is 7.86.